The van der Waals surface area contributed by atoms with E-state index in [0.29, 0.717) is 18.5 Å². The van der Waals surface area contributed by atoms with Gasteiger partial charge in [-0.25, -0.2) is 4.39 Å². The van der Waals surface area contributed by atoms with Crippen LogP contribution in [0.5, 0.6) is 0 Å². The molecule has 4 heteroatoms. The summed E-state index contributed by atoms with van der Waals surface area (Å²) in [6, 6.07) is 4.69. The fraction of sp³-hybridized carbons (Fsp3) is 0.364. The zero-order valence-corrected chi connectivity index (χ0v) is 8.59. The Morgan fingerprint density at radius 2 is 2.27 bits per heavy atom. The molecule has 0 atom stereocenters. The highest BCUT2D eigenvalue weighted by Crippen LogP contribution is 2.11. The van der Waals surface area contributed by atoms with Crippen LogP contribution in [0.3, 0.4) is 0 Å². The number of hydrogen-bond acceptors (Lipinski definition) is 2. The second-order valence-electron chi connectivity index (χ2n) is 3.27. The number of aryl methyl sites for hydroxylation is 1. The highest BCUT2D eigenvalue weighted by molar-refractivity contribution is 5.94. The van der Waals surface area contributed by atoms with Gasteiger partial charge in [-0.1, -0.05) is 12.1 Å². The van der Waals surface area contributed by atoms with E-state index < -0.39 is 11.7 Å². The Balaban J connectivity index is 2.69. The maximum atomic E-state index is 13.5. The van der Waals surface area contributed by atoms with E-state index >= 15 is 0 Å². The van der Waals surface area contributed by atoms with Crippen molar-refractivity contribution in [1.29, 1.82) is 0 Å². The molecule has 0 aliphatic rings. The summed E-state index contributed by atoms with van der Waals surface area (Å²) in [4.78, 5) is 11.5. The van der Waals surface area contributed by atoms with Crippen LogP contribution in [0.4, 0.5) is 4.39 Å². The molecule has 0 bridgehead atoms. The molecule has 0 unspecified atom stereocenters. The smallest absolute Gasteiger partial charge is 0.254 e. The van der Waals surface area contributed by atoms with Crippen molar-refractivity contribution >= 4 is 5.91 Å². The summed E-state index contributed by atoms with van der Waals surface area (Å²) in [7, 11) is 0. The highest BCUT2D eigenvalue weighted by Gasteiger charge is 2.11. The molecule has 1 aromatic carbocycles. The van der Waals surface area contributed by atoms with Gasteiger partial charge >= 0.3 is 0 Å². The number of benzene rings is 1. The Morgan fingerprint density at radius 1 is 1.53 bits per heavy atom. The van der Waals surface area contributed by atoms with Crippen LogP contribution >= 0.6 is 0 Å². The molecule has 2 N–H and O–H groups in total. The van der Waals surface area contributed by atoms with Crippen LogP contribution in [0.2, 0.25) is 0 Å². The first-order valence-corrected chi connectivity index (χ1v) is 4.81. The van der Waals surface area contributed by atoms with Crippen LogP contribution in [0.15, 0.2) is 18.2 Å². The van der Waals surface area contributed by atoms with Crippen LogP contribution < -0.4 is 5.32 Å². The standard InChI is InChI=1S/C11H14FNO2/c1-8-4-2-5-9(10(8)12)11(15)13-6-3-7-14/h2,4-5,14H,3,6-7H2,1H3,(H,13,15). The molecule has 0 saturated carbocycles. The summed E-state index contributed by atoms with van der Waals surface area (Å²) in [5, 5.41) is 11.1. The number of halogens is 1. The molecule has 0 spiro atoms. The fourth-order valence-electron chi connectivity index (χ4n) is 1.20. The summed E-state index contributed by atoms with van der Waals surface area (Å²) >= 11 is 0. The molecular formula is C11H14FNO2. The number of aliphatic hydroxyl groups excluding tert-OH is 1. The average molecular weight is 211 g/mol. The molecule has 0 radical (unpaired) electrons. The topological polar surface area (TPSA) is 49.3 Å². The van der Waals surface area contributed by atoms with Crippen molar-refractivity contribution in [3.8, 4) is 0 Å². The molecule has 0 aromatic heterocycles. The van der Waals surface area contributed by atoms with Gasteiger partial charge in [-0.3, -0.25) is 4.79 Å². The number of hydrogen-bond donors (Lipinski definition) is 2. The van der Waals surface area contributed by atoms with E-state index in [4.69, 9.17) is 5.11 Å². The van der Waals surface area contributed by atoms with Gasteiger partial charge in [0.2, 0.25) is 0 Å². The molecule has 1 rings (SSSR count). The number of carbonyl (C=O) groups is 1. The lowest BCUT2D eigenvalue weighted by Crippen LogP contribution is -2.26. The van der Waals surface area contributed by atoms with Crippen LogP contribution in [-0.4, -0.2) is 24.2 Å². The summed E-state index contributed by atoms with van der Waals surface area (Å²) < 4.78 is 13.5. The third-order valence-corrected chi connectivity index (χ3v) is 2.06. The first kappa shape index (κ1) is 11.7. The van der Waals surface area contributed by atoms with Crippen molar-refractivity contribution in [3.63, 3.8) is 0 Å². The highest BCUT2D eigenvalue weighted by atomic mass is 19.1. The number of aliphatic hydroxyl groups is 1. The molecule has 0 aliphatic carbocycles. The third-order valence-electron chi connectivity index (χ3n) is 2.06. The normalized spacial score (nSPS) is 10.1. The minimum absolute atomic E-state index is 0.0105. The van der Waals surface area contributed by atoms with Crippen molar-refractivity contribution in [1.82, 2.24) is 5.32 Å². The van der Waals surface area contributed by atoms with E-state index in [2.05, 4.69) is 5.32 Å². The summed E-state index contributed by atoms with van der Waals surface area (Å²) in [5.41, 5.74) is 0.498. The first-order valence-electron chi connectivity index (χ1n) is 4.81. The number of carbonyl (C=O) groups excluding carboxylic acids is 1. The maximum absolute atomic E-state index is 13.5. The molecule has 0 fully saturated rings. The zero-order valence-electron chi connectivity index (χ0n) is 8.59. The monoisotopic (exact) mass is 211 g/mol. The largest absolute Gasteiger partial charge is 0.396 e. The predicted molar refractivity (Wildman–Crippen MR) is 55.2 cm³/mol. The third kappa shape index (κ3) is 3.02. The molecule has 3 nitrogen and oxygen atoms in total. The van der Waals surface area contributed by atoms with Gasteiger partial charge in [0, 0.05) is 13.2 Å². The summed E-state index contributed by atoms with van der Waals surface area (Å²) in [5.74, 6) is -0.927. The van der Waals surface area contributed by atoms with Gasteiger partial charge in [0.15, 0.2) is 0 Å². The van der Waals surface area contributed by atoms with E-state index in [1.807, 2.05) is 0 Å². The van der Waals surface area contributed by atoms with E-state index in [0.717, 1.165) is 0 Å². The van der Waals surface area contributed by atoms with E-state index in [1.54, 1.807) is 19.1 Å². The lowest BCUT2D eigenvalue weighted by molar-refractivity contribution is 0.0947. The minimum Gasteiger partial charge on any atom is -0.396 e. The maximum Gasteiger partial charge on any atom is 0.254 e. The van der Waals surface area contributed by atoms with E-state index in [9.17, 15) is 9.18 Å². The van der Waals surface area contributed by atoms with Crippen molar-refractivity contribution in [3.05, 3.63) is 35.1 Å². The van der Waals surface area contributed by atoms with E-state index in [-0.39, 0.29) is 12.2 Å². The van der Waals surface area contributed by atoms with Gasteiger partial charge in [-0.15, -0.1) is 0 Å². The Morgan fingerprint density at radius 3 is 2.93 bits per heavy atom. The van der Waals surface area contributed by atoms with Gasteiger partial charge < -0.3 is 10.4 Å². The van der Waals surface area contributed by atoms with Crippen LogP contribution in [0.1, 0.15) is 22.3 Å². The van der Waals surface area contributed by atoms with Gasteiger partial charge in [-0.2, -0.15) is 0 Å². The second-order valence-corrected chi connectivity index (χ2v) is 3.27. The second kappa shape index (κ2) is 5.46. The van der Waals surface area contributed by atoms with Crippen LogP contribution in [0, 0.1) is 12.7 Å². The molecule has 1 amide bonds. The van der Waals surface area contributed by atoms with Gasteiger partial charge in [0.1, 0.15) is 5.82 Å². The molecule has 0 aliphatic heterocycles. The van der Waals surface area contributed by atoms with Gasteiger partial charge in [0.05, 0.1) is 5.56 Å². The molecular weight excluding hydrogens is 197 g/mol. The SMILES string of the molecule is Cc1cccc(C(=O)NCCCO)c1F. The van der Waals surface area contributed by atoms with Crippen molar-refractivity contribution in [2.45, 2.75) is 13.3 Å². The number of amides is 1. The quantitative estimate of drug-likeness (QED) is 0.736. The molecule has 0 saturated heterocycles. The zero-order chi connectivity index (χ0) is 11.3. The summed E-state index contributed by atoms with van der Waals surface area (Å²) in [6.07, 6.45) is 0.471. The minimum atomic E-state index is -0.487. The first-order chi connectivity index (χ1) is 7.16. The lowest BCUT2D eigenvalue weighted by atomic mass is 10.1. The lowest BCUT2D eigenvalue weighted by Gasteiger charge is -2.06. The fourth-order valence-corrected chi connectivity index (χ4v) is 1.20. The number of rotatable bonds is 4. The Kier molecular flexibility index (Phi) is 4.24. The molecule has 1 aromatic rings. The number of nitrogens with one attached hydrogen (secondary N) is 1. The molecule has 82 valence electrons. The predicted octanol–water partition coefficient (Wildman–Crippen LogP) is 1.25. The van der Waals surface area contributed by atoms with Gasteiger partial charge in [0.25, 0.3) is 5.91 Å². The Hall–Kier alpha value is -1.42. The van der Waals surface area contributed by atoms with Gasteiger partial charge in [-0.05, 0) is 25.0 Å². The molecule has 15 heavy (non-hydrogen) atoms. The van der Waals surface area contributed by atoms with Crippen LogP contribution in [-0.2, 0) is 0 Å². The Labute approximate surface area is 87.9 Å². The van der Waals surface area contributed by atoms with Crippen molar-refractivity contribution < 1.29 is 14.3 Å². The van der Waals surface area contributed by atoms with E-state index in [1.165, 1.54) is 6.07 Å². The molecule has 0 heterocycles. The average Bonchev–Trinajstić information content (AvgIpc) is 2.22. The van der Waals surface area contributed by atoms with Crippen molar-refractivity contribution in [2.75, 3.05) is 13.2 Å². The van der Waals surface area contributed by atoms with Crippen LogP contribution in [0.25, 0.3) is 0 Å². The Bertz CT molecular complexity index is 352. The van der Waals surface area contributed by atoms with Crippen molar-refractivity contribution in [2.24, 2.45) is 0 Å². The summed E-state index contributed by atoms with van der Waals surface area (Å²) in [6.45, 7) is 1.97.